The van der Waals surface area contributed by atoms with E-state index < -0.39 is 6.29 Å². The van der Waals surface area contributed by atoms with Crippen molar-refractivity contribution in [2.75, 3.05) is 5.32 Å². The number of hydrogen-bond donors (Lipinski definition) is 1. The van der Waals surface area contributed by atoms with Gasteiger partial charge in [0, 0.05) is 17.8 Å². The summed E-state index contributed by atoms with van der Waals surface area (Å²) in [5, 5.41) is 5.14. The summed E-state index contributed by atoms with van der Waals surface area (Å²) in [4.78, 5) is 0. The van der Waals surface area contributed by atoms with Gasteiger partial charge in [0.25, 0.3) is 0 Å². The number of ether oxygens (including phenoxy) is 2. The maximum Gasteiger partial charge on any atom is 0.586 e. The van der Waals surface area contributed by atoms with Gasteiger partial charge in [0.2, 0.25) is 0 Å². The molecule has 2 heterocycles. The number of thiophene rings is 1. The van der Waals surface area contributed by atoms with Crippen molar-refractivity contribution in [3.05, 3.63) is 39.5 Å². The van der Waals surface area contributed by atoms with E-state index in [0.29, 0.717) is 10.0 Å². The fourth-order valence-electron chi connectivity index (χ4n) is 1.92. The molecule has 1 atom stereocenters. The van der Waals surface area contributed by atoms with E-state index in [1.54, 1.807) is 6.07 Å². The molecule has 1 aromatic carbocycles. The van der Waals surface area contributed by atoms with Gasteiger partial charge in [-0.2, -0.15) is 0 Å². The first-order valence-electron chi connectivity index (χ1n) is 5.83. The van der Waals surface area contributed by atoms with E-state index in [4.69, 9.17) is 11.6 Å². The Kier molecular flexibility index (Phi) is 3.22. The lowest BCUT2D eigenvalue weighted by atomic mass is 10.1. The highest BCUT2D eigenvalue weighted by atomic mass is 35.5. The van der Waals surface area contributed by atoms with Gasteiger partial charge >= 0.3 is 6.29 Å². The molecule has 106 valence electrons. The lowest BCUT2D eigenvalue weighted by molar-refractivity contribution is -0.286. The van der Waals surface area contributed by atoms with E-state index in [9.17, 15) is 8.78 Å². The number of nitrogens with one attached hydrogen (secondary N) is 1. The second kappa shape index (κ2) is 4.79. The Morgan fingerprint density at radius 1 is 1.25 bits per heavy atom. The van der Waals surface area contributed by atoms with Gasteiger partial charge in [-0.05, 0) is 36.1 Å². The van der Waals surface area contributed by atoms with Gasteiger partial charge < -0.3 is 14.8 Å². The zero-order valence-corrected chi connectivity index (χ0v) is 11.9. The smallest absolute Gasteiger partial charge is 0.395 e. The minimum atomic E-state index is -3.59. The molecule has 2 aromatic rings. The summed E-state index contributed by atoms with van der Waals surface area (Å²) >= 11 is 7.33. The molecular formula is C13H10ClF2NO2S. The first kappa shape index (κ1) is 13.5. The predicted molar refractivity (Wildman–Crippen MR) is 74.0 cm³/mol. The number of rotatable bonds is 3. The van der Waals surface area contributed by atoms with Crippen molar-refractivity contribution in [3.8, 4) is 11.5 Å². The Bertz CT molecular complexity index is 647. The molecule has 0 fully saturated rings. The Morgan fingerprint density at radius 3 is 2.70 bits per heavy atom. The highest BCUT2D eigenvalue weighted by Crippen LogP contribution is 2.42. The zero-order valence-electron chi connectivity index (χ0n) is 10.3. The summed E-state index contributed by atoms with van der Waals surface area (Å²) < 4.78 is 35.3. The van der Waals surface area contributed by atoms with Crippen molar-refractivity contribution in [2.24, 2.45) is 0 Å². The molecule has 0 bridgehead atoms. The van der Waals surface area contributed by atoms with Crippen LogP contribution in [0.15, 0.2) is 29.6 Å². The van der Waals surface area contributed by atoms with Crippen LogP contribution in [0.5, 0.6) is 11.5 Å². The van der Waals surface area contributed by atoms with Crippen LogP contribution in [-0.4, -0.2) is 6.29 Å². The first-order chi connectivity index (χ1) is 9.43. The number of hydrogen-bond acceptors (Lipinski definition) is 4. The molecule has 1 aliphatic rings. The van der Waals surface area contributed by atoms with Crippen LogP contribution in [0.1, 0.15) is 18.5 Å². The minimum Gasteiger partial charge on any atom is -0.395 e. The summed E-state index contributed by atoms with van der Waals surface area (Å²) in [5.41, 5.74) is 1.70. The minimum absolute atomic E-state index is 0.000341. The lowest BCUT2D eigenvalue weighted by Crippen LogP contribution is -2.25. The third-order valence-corrected chi connectivity index (χ3v) is 3.98. The van der Waals surface area contributed by atoms with Gasteiger partial charge in [-0.25, -0.2) is 0 Å². The van der Waals surface area contributed by atoms with E-state index in [0.717, 1.165) is 5.56 Å². The highest BCUT2D eigenvalue weighted by Gasteiger charge is 2.43. The molecule has 1 aromatic heterocycles. The monoisotopic (exact) mass is 317 g/mol. The average Bonchev–Trinajstić information content (AvgIpc) is 2.90. The molecule has 0 amide bonds. The Balaban J connectivity index is 1.76. The molecule has 3 nitrogen and oxygen atoms in total. The maximum atomic E-state index is 12.9. The average molecular weight is 318 g/mol. The topological polar surface area (TPSA) is 30.5 Å². The predicted octanol–water partition coefficient (Wildman–Crippen LogP) is 4.90. The largest absolute Gasteiger partial charge is 0.586 e. The van der Waals surface area contributed by atoms with E-state index >= 15 is 0 Å². The molecule has 1 unspecified atom stereocenters. The molecule has 0 radical (unpaired) electrons. The molecule has 7 heteroatoms. The fourth-order valence-corrected chi connectivity index (χ4v) is 2.91. The normalized spacial score (nSPS) is 17.0. The first-order valence-corrected chi connectivity index (χ1v) is 7.09. The molecule has 0 aliphatic carbocycles. The summed E-state index contributed by atoms with van der Waals surface area (Å²) in [6, 6.07) is 6.46. The summed E-state index contributed by atoms with van der Waals surface area (Å²) in [6.45, 7) is 1.96. The van der Waals surface area contributed by atoms with E-state index in [1.807, 2.05) is 18.4 Å². The molecular weight excluding hydrogens is 308 g/mol. The maximum absolute atomic E-state index is 12.9. The molecule has 0 spiro atoms. The summed E-state index contributed by atoms with van der Waals surface area (Å²) in [6.07, 6.45) is -3.59. The van der Waals surface area contributed by atoms with E-state index in [2.05, 4.69) is 14.8 Å². The molecule has 3 rings (SSSR count). The van der Waals surface area contributed by atoms with Crippen LogP contribution in [-0.2, 0) is 0 Å². The van der Waals surface area contributed by atoms with Crippen molar-refractivity contribution >= 4 is 28.6 Å². The van der Waals surface area contributed by atoms with Crippen LogP contribution in [0.25, 0.3) is 0 Å². The van der Waals surface area contributed by atoms with Crippen molar-refractivity contribution in [1.29, 1.82) is 0 Å². The van der Waals surface area contributed by atoms with Crippen molar-refractivity contribution in [1.82, 2.24) is 0 Å². The SMILES string of the molecule is CC(Nc1ccc2c(c1)OC(F)(F)O2)c1csc(Cl)c1. The standard InChI is InChI=1S/C13H10ClF2NO2S/c1-7(8-4-12(14)20-6-8)17-9-2-3-10-11(5-9)19-13(15,16)18-10/h2-7,17H,1H3. The Hall–Kier alpha value is -1.53. The lowest BCUT2D eigenvalue weighted by Gasteiger charge is -2.14. The third kappa shape index (κ3) is 2.66. The van der Waals surface area contributed by atoms with E-state index in [-0.39, 0.29) is 17.5 Å². The number of fused-ring (bicyclic) bond motifs is 1. The van der Waals surface area contributed by atoms with Gasteiger partial charge in [-0.1, -0.05) is 11.6 Å². The second-order valence-corrected chi connectivity index (χ2v) is 5.92. The third-order valence-electron chi connectivity index (χ3n) is 2.87. The van der Waals surface area contributed by atoms with Gasteiger partial charge in [0.1, 0.15) is 0 Å². The number of halogens is 3. The van der Waals surface area contributed by atoms with Crippen LogP contribution in [0.4, 0.5) is 14.5 Å². The number of benzene rings is 1. The molecule has 0 saturated heterocycles. The summed E-state index contributed by atoms with van der Waals surface area (Å²) in [5.74, 6) is 0.0577. The zero-order chi connectivity index (χ0) is 14.3. The quantitative estimate of drug-likeness (QED) is 0.873. The number of alkyl halides is 2. The van der Waals surface area contributed by atoms with Crippen molar-refractivity contribution in [3.63, 3.8) is 0 Å². The van der Waals surface area contributed by atoms with Crippen LogP contribution < -0.4 is 14.8 Å². The van der Waals surface area contributed by atoms with Crippen LogP contribution in [0.2, 0.25) is 4.34 Å². The molecule has 20 heavy (non-hydrogen) atoms. The summed E-state index contributed by atoms with van der Waals surface area (Å²) in [7, 11) is 0. The number of anilines is 1. The van der Waals surface area contributed by atoms with Crippen LogP contribution >= 0.6 is 22.9 Å². The van der Waals surface area contributed by atoms with E-state index in [1.165, 1.54) is 23.5 Å². The van der Waals surface area contributed by atoms with Gasteiger partial charge in [0.05, 0.1) is 4.34 Å². The second-order valence-electron chi connectivity index (χ2n) is 4.38. The van der Waals surface area contributed by atoms with Gasteiger partial charge in [0.15, 0.2) is 11.5 Å². The van der Waals surface area contributed by atoms with Crippen molar-refractivity contribution in [2.45, 2.75) is 19.3 Å². The molecule has 1 aliphatic heterocycles. The van der Waals surface area contributed by atoms with Crippen molar-refractivity contribution < 1.29 is 18.3 Å². The van der Waals surface area contributed by atoms with Gasteiger partial charge in [-0.15, -0.1) is 20.1 Å². The van der Waals surface area contributed by atoms with Crippen LogP contribution in [0.3, 0.4) is 0 Å². The molecule has 0 saturated carbocycles. The Labute approximate surface area is 123 Å². The van der Waals surface area contributed by atoms with Gasteiger partial charge in [-0.3, -0.25) is 0 Å². The fraction of sp³-hybridized carbons (Fsp3) is 0.231. The highest BCUT2D eigenvalue weighted by molar-refractivity contribution is 7.14. The van der Waals surface area contributed by atoms with Crippen LogP contribution in [0, 0.1) is 0 Å². The molecule has 1 N–H and O–H groups in total. The Morgan fingerprint density at radius 2 is 2.00 bits per heavy atom.